The fourth-order valence-electron chi connectivity index (χ4n) is 1.30. The molecule has 2 aromatic rings. The van der Waals surface area contributed by atoms with E-state index in [-0.39, 0.29) is 0 Å². The van der Waals surface area contributed by atoms with Gasteiger partial charge in [-0.25, -0.2) is 4.98 Å². The number of rotatable bonds is 5. The molecule has 7 heteroatoms. The summed E-state index contributed by atoms with van der Waals surface area (Å²) in [6.45, 7) is 5.61. The van der Waals surface area contributed by atoms with E-state index >= 15 is 0 Å². The zero-order chi connectivity index (χ0) is 11.4. The fraction of sp³-hybridized carbons (Fsp3) is 0.556. The molecule has 0 fully saturated rings. The molecule has 0 aliphatic rings. The summed E-state index contributed by atoms with van der Waals surface area (Å²) in [5.74, 6) is 1.79. The van der Waals surface area contributed by atoms with Crippen LogP contribution in [0.25, 0.3) is 0 Å². The molecule has 0 unspecified atom stereocenters. The Morgan fingerprint density at radius 3 is 3.00 bits per heavy atom. The van der Waals surface area contributed by atoms with Crippen LogP contribution in [0, 0.1) is 0 Å². The molecule has 0 atom stereocenters. The number of nitrogens with zero attached hydrogens (tertiary/aromatic N) is 5. The van der Waals surface area contributed by atoms with Crippen molar-refractivity contribution in [1.29, 1.82) is 0 Å². The third-order valence-electron chi connectivity index (χ3n) is 2.22. The van der Waals surface area contributed by atoms with Gasteiger partial charge in [0.1, 0.15) is 12.2 Å². The summed E-state index contributed by atoms with van der Waals surface area (Å²) < 4.78 is 6.20. The average molecular weight is 238 g/mol. The SMILES string of the molecule is CCc1nsc(NCc2nncn2CC)n1. The maximum absolute atomic E-state index is 4.32. The second kappa shape index (κ2) is 5.02. The average Bonchev–Trinajstić information content (AvgIpc) is 2.94. The Kier molecular flexibility index (Phi) is 3.45. The molecule has 2 rings (SSSR count). The van der Waals surface area contributed by atoms with E-state index in [0.29, 0.717) is 6.54 Å². The quantitative estimate of drug-likeness (QED) is 0.851. The number of hydrogen-bond donors (Lipinski definition) is 1. The van der Waals surface area contributed by atoms with Crippen LogP contribution in [0.4, 0.5) is 5.13 Å². The van der Waals surface area contributed by atoms with Crippen LogP contribution in [0.15, 0.2) is 6.33 Å². The van der Waals surface area contributed by atoms with Gasteiger partial charge in [-0.15, -0.1) is 10.2 Å². The van der Waals surface area contributed by atoms with Gasteiger partial charge in [0.2, 0.25) is 5.13 Å². The Labute approximate surface area is 97.9 Å². The first-order chi connectivity index (χ1) is 7.83. The predicted octanol–water partition coefficient (Wildman–Crippen LogP) is 1.32. The van der Waals surface area contributed by atoms with Crippen molar-refractivity contribution >= 4 is 16.7 Å². The van der Waals surface area contributed by atoms with E-state index in [9.17, 15) is 0 Å². The van der Waals surface area contributed by atoms with Gasteiger partial charge in [-0.2, -0.15) is 4.37 Å². The molecule has 0 aliphatic carbocycles. The highest BCUT2D eigenvalue weighted by Crippen LogP contribution is 2.12. The minimum atomic E-state index is 0.631. The monoisotopic (exact) mass is 238 g/mol. The molecule has 1 N–H and O–H groups in total. The lowest BCUT2D eigenvalue weighted by Crippen LogP contribution is -2.07. The van der Waals surface area contributed by atoms with Gasteiger partial charge in [0.05, 0.1) is 6.54 Å². The first-order valence-electron chi connectivity index (χ1n) is 5.26. The fourth-order valence-corrected chi connectivity index (χ4v) is 1.95. The molecule has 0 amide bonds. The van der Waals surface area contributed by atoms with Crippen molar-refractivity contribution in [2.24, 2.45) is 0 Å². The van der Waals surface area contributed by atoms with Crippen LogP contribution in [0.5, 0.6) is 0 Å². The smallest absolute Gasteiger partial charge is 0.202 e. The summed E-state index contributed by atoms with van der Waals surface area (Å²) in [5.41, 5.74) is 0. The minimum Gasteiger partial charge on any atom is -0.353 e. The van der Waals surface area contributed by atoms with Gasteiger partial charge in [-0.1, -0.05) is 6.92 Å². The molecule has 0 saturated carbocycles. The topological polar surface area (TPSA) is 68.5 Å². The molecule has 0 spiro atoms. The van der Waals surface area contributed by atoms with Crippen molar-refractivity contribution in [3.63, 3.8) is 0 Å². The van der Waals surface area contributed by atoms with Crippen LogP contribution in [-0.2, 0) is 19.5 Å². The number of nitrogens with one attached hydrogen (secondary N) is 1. The van der Waals surface area contributed by atoms with Crippen molar-refractivity contribution in [3.05, 3.63) is 18.0 Å². The van der Waals surface area contributed by atoms with Gasteiger partial charge in [0.25, 0.3) is 0 Å². The Balaban J connectivity index is 1.96. The molecule has 0 saturated heterocycles. The van der Waals surface area contributed by atoms with E-state index < -0.39 is 0 Å². The van der Waals surface area contributed by atoms with E-state index in [1.54, 1.807) is 6.33 Å². The van der Waals surface area contributed by atoms with Crippen LogP contribution in [0.1, 0.15) is 25.5 Å². The van der Waals surface area contributed by atoms with Crippen molar-refractivity contribution in [2.45, 2.75) is 33.4 Å². The third-order valence-corrected chi connectivity index (χ3v) is 2.93. The first kappa shape index (κ1) is 11.0. The normalized spacial score (nSPS) is 10.6. The van der Waals surface area contributed by atoms with Crippen molar-refractivity contribution in [1.82, 2.24) is 24.1 Å². The Morgan fingerprint density at radius 2 is 2.31 bits per heavy atom. The molecule has 86 valence electrons. The van der Waals surface area contributed by atoms with Crippen LogP contribution in [-0.4, -0.2) is 24.1 Å². The van der Waals surface area contributed by atoms with E-state index in [4.69, 9.17) is 0 Å². The summed E-state index contributed by atoms with van der Waals surface area (Å²) >= 11 is 1.38. The van der Waals surface area contributed by atoms with E-state index in [0.717, 1.165) is 29.7 Å². The summed E-state index contributed by atoms with van der Waals surface area (Å²) in [5, 5.41) is 11.9. The Bertz CT molecular complexity index is 448. The molecule has 0 aliphatic heterocycles. The zero-order valence-electron chi connectivity index (χ0n) is 9.34. The maximum Gasteiger partial charge on any atom is 0.202 e. The number of aromatic nitrogens is 5. The lowest BCUT2D eigenvalue weighted by atomic mass is 10.5. The summed E-state index contributed by atoms with van der Waals surface area (Å²) in [6.07, 6.45) is 2.60. The summed E-state index contributed by atoms with van der Waals surface area (Å²) in [6, 6.07) is 0. The summed E-state index contributed by atoms with van der Waals surface area (Å²) in [4.78, 5) is 4.32. The second-order valence-corrected chi connectivity index (χ2v) is 4.01. The van der Waals surface area contributed by atoms with Gasteiger partial charge in [0.15, 0.2) is 5.82 Å². The van der Waals surface area contributed by atoms with Gasteiger partial charge in [-0.3, -0.25) is 0 Å². The molecule has 2 heterocycles. The van der Waals surface area contributed by atoms with Gasteiger partial charge in [0, 0.05) is 24.5 Å². The van der Waals surface area contributed by atoms with Gasteiger partial charge < -0.3 is 9.88 Å². The Hall–Kier alpha value is -1.50. The van der Waals surface area contributed by atoms with Crippen molar-refractivity contribution in [2.75, 3.05) is 5.32 Å². The van der Waals surface area contributed by atoms with E-state index in [1.165, 1.54) is 11.5 Å². The molecule has 2 aromatic heterocycles. The van der Waals surface area contributed by atoms with Crippen molar-refractivity contribution < 1.29 is 0 Å². The highest BCUT2D eigenvalue weighted by atomic mass is 32.1. The Morgan fingerprint density at radius 1 is 1.44 bits per heavy atom. The number of hydrogen-bond acceptors (Lipinski definition) is 6. The highest BCUT2D eigenvalue weighted by Gasteiger charge is 2.05. The lowest BCUT2D eigenvalue weighted by Gasteiger charge is -2.02. The molecule has 0 radical (unpaired) electrons. The van der Waals surface area contributed by atoms with E-state index in [2.05, 4.69) is 31.8 Å². The molecular formula is C9H14N6S. The number of aryl methyl sites for hydroxylation is 2. The third kappa shape index (κ3) is 2.35. The van der Waals surface area contributed by atoms with Crippen LogP contribution >= 0.6 is 11.5 Å². The van der Waals surface area contributed by atoms with Gasteiger partial charge in [-0.05, 0) is 6.92 Å². The van der Waals surface area contributed by atoms with Crippen molar-refractivity contribution in [3.8, 4) is 0 Å². The lowest BCUT2D eigenvalue weighted by molar-refractivity contribution is 0.707. The standard InChI is InChI=1S/C9H14N6S/c1-3-7-12-9(16-14-7)10-5-8-13-11-6-15(8)4-2/h6H,3-5H2,1-2H3,(H,10,12,14). The maximum atomic E-state index is 4.32. The van der Waals surface area contributed by atoms with E-state index in [1.807, 2.05) is 11.5 Å². The second-order valence-electron chi connectivity index (χ2n) is 3.26. The minimum absolute atomic E-state index is 0.631. The van der Waals surface area contributed by atoms with Gasteiger partial charge >= 0.3 is 0 Å². The predicted molar refractivity (Wildman–Crippen MR) is 62.3 cm³/mol. The van der Waals surface area contributed by atoms with Crippen LogP contribution in [0.2, 0.25) is 0 Å². The molecular weight excluding hydrogens is 224 g/mol. The molecule has 16 heavy (non-hydrogen) atoms. The van der Waals surface area contributed by atoms with Crippen LogP contribution < -0.4 is 5.32 Å². The molecule has 0 aromatic carbocycles. The summed E-state index contributed by atoms with van der Waals surface area (Å²) in [7, 11) is 0. The zero-order valence-corrected chi connectivity index (χ0v) is 10.2. The van der Waals surface area contributed by atoms with Crippen LogP contribution in [0.3, 0.4) is 0 Å². The number of anilines is 1. The largest absolute Gasteiger partial charge is 0.353 e. The molecule has 0 bridgehead atoms. The highest BCUT2D eigenvalue weighted by molar-refractivity contribution is 7.09. The molecule has 6 nitrogen and oxygen atoms in total. The first-order valence-corrected chi connectivity index (χ1v) is 6.04.